The number of allylic oxidation sites excluding steroid dienone is 20. The molecule has 0 aliphatic rings. The van der Waals surface area contributed by atoms with Gasteiger partial charge >= 0.3 is 17.9 Å². The van der Waals surface area contributed by atoms with Gasteiger partial charge in [0, 0.05) is 19.3 Å². The van der Waals surface area contributed by atoms with Crippen LogP contribution in [-0.2, 0) is 28.6 Å². The van der Waals surface area contributed by atoms with E-state index < -0.39 is 6.10 Å². The van der Waals surface area contributed by atoms with Gasteiger partial charge < -0.3 is 14.2 Å². The van der Waals surface area contributed by atoms with Crippen LogP contribution in [0.1, 0.15) is 271 Å². The number of rotatable bonds is 54. The zero-order valence-electron chi connectivity index (χ0n) is 48.1. The predicted molar refractivity (Wildman–Crippen MR) is 320 cm³/mol. The van der Waals surface area contributed by atoms with E-state index in [1.54, 1.807) is 0 Å². The van der Waals surface area contributed by atoms with Crippen LogP contribution in [0, 0.1) is 0 Å². The third-order valence-corrected chi connectivity index (χ3v) is 12.7. The summed E-state index contributed by atoms with van der Waals surface area (Å²) in [6.07, 6.45) is 84.9. The van der Waals surface area contributed by atoms with Crippen molar-refractivity contribution in [2.24, 2.45) is 0 Å². The maximum absolute atomic E-state index is 12.8. The van der Waals surface area contributed by atoms with Crippen molar-refractivity contribution in [2.75, 3.05) is 13.2 Å². The summed E-state index contributed by atoms with van der Waals surface area (Å²) in [6.45, 7) is 6.42. The smallest absolute Gasteiger partial charge is 0.306 e. The van der Waals surface area contributed by atoms with Gasteiger partial charge in [-0.05, 0) is 122 Å². The quantitative estimate of drug-likeness (QED) is 0.0261. The molecule has 0 saturated carbocycles. The molecule has 0 amide bonds. The molecule has 1 unspecified atom stereocenters. The highest BCUT2D eigenvalue weighted by atomic mass is 16.6. The molecule has 74 heavy (non-hydrogen) atoms. The van der Waals surface area contributed by atoms with Crippen molar-refractivity contribution in [3.05, 3.63) is 122 Å². The molecule has 0 rings (SSSR count). The summed E-state index contributed by atoms with van der Waals surface area (Å²) in [6, 6.07) is 0. The van der Waals surface area contributed by atoms with Crippen LogP contribution in [-0.4, -0.2) is 37.2 Å². The Bertz CT molecular complexity index is 1550. The van der Waals surface area contributed by atoms with Crippen molar-refractivity contribution < 1.29 is 28.6 Å². The summed E-state index contributed by atoms with van der Waals surface area (Å²) in [5.41, 5.74) is 0. The van der Waals surface area contributed by atoms with Crippen molar-refractivity contribution in [2.45, 2.75) is 277 Å². The van der Waals surface area contributed by atoms with Crippen molar-refractivity contribution in [3.8, 4) is 0 Å². The fourth-order valence-electron chi connectivity index (χ4n) is 8.07. The largest absolute Gasteiger partial charge is 0.462 e. The number of unbranched alkanes of at least 4 members (excludes halogenated alkanes) is 23. The Labute approximate surface area is 456 Å². The first-order valence-electron chi connectivity index (χ1n) is 30.5. The molecule has 0 radical (unpaired) electrons. The van der Waals surface area contributed by atoms with Crippen LogP contribution in [0.3, 0.4) is 0 Å². The second-order valence-electron chi connectivity index (χ2n) is 19.9. The molecule has 0 N–H and O–H groups in total. The maximum Gasteiger partial charge on any atom is 0.306 e. The molecule has 0 aliphatic carbocycles. The van der Waals surface area contributed by atoms with Crippen LogP contribution in [0.5, 0.6) is 0 Å². The fourth-order valence-corrected chi connectivity index (χ4v) is 8.07. The van der Waals surface area contributed by atoms with Gasteiger partial charge in [0.15, 0.2) is 6.10 Å². The summed E-state index contributed by atoms with van der Waals surface area (Å²) in [5, 5.41) is 0. The molecule has 0 fully saturated rings. The minimum Gasteiger partial charge on any atom is -0.462 e. The zero-order valence-corrected chi connectivity index (χ0v) is 48.1. The molecule has 0 bridgehead atoms. The minimum absolute atomic E-state index is 0.0912. The molecule has 420 valence electrons. The molecule has 0 heterocycles. The molecule has 0 aliphatic heterocycles. The van der Waals surface area contributed by atoms with Gasteiger partial charge in [-0.2, -0.15) is 0 Å². The van der Waals surface area contributed by atoms with Crippen LogP contribution in [0.2, 0.25) is 0 Å². The molecule has 0 aromatic heterocycles. The molecule has 6 heteroatoms. The normalized spacial score (nSPS) is 13.0. The topological polar surface area (TPSA) is 78.9 Å². The molecule has 0 spiro atoms. The number of hydrogen-bond acceptors (Lipinski definition) is 6. The van der Waals surface area contributed by atoms with Crippen LogP contribution in [0.15, 0.2) is 122 Å². The van der Waals surface area contributed by atoms with Crippen molar-refractivity contribution in [3.63, 3.8) is 0 Å². The van der Waals surface area contributed by atoms with Gasteiger partial charge in [-0.25, -0.2) is 0 Å². The van der Waals surface area contributed by atoms with Gasteiger partial charge in [-0.15, -0.1) is 0 Å². The zero-order chi connectivity index (χ0) is 53.6. The van der Waals surface area contributed by atoms with Gasteiger partial charge in [0.2, 0.25) is 0 Å². The number of ether oxygens (including phenoxy) is 3. The molecular formula is C68H112O6. The van der Waals surface area contributed by atoms with E-state index in [0.717, 1.165) is 148 Å². The average molecular weight is 1030 g/mol. The van der Waals surface area contributed by atoms with Crippen LogP contribution in [0.25, 0.3) is 0 Å². The summed E-state index contributed by atoms with van der Waals surface area (Å²) in [5.74, 6) is -0.921. The van der Waals surface area contributed by atoms with E-state index in [4.69, 9.17) is 14.2 Å². The van der Waals surface area contributed by atoms with E-state index >= 15 is 0 Å². The first-order valence-corrected chi connectivity index (χ1v) is 30.5. The Morgan fingerprint density at radius 2 is 0.527 bits per heavy atom. The first-order chi connectivity index (χ1) is 36.5. The van der Waals surface area contributed by atoms with E-state index in [-0.39, 0.29) is 31.1 Å². The standard InChI is InChI=1S/C68H112O6/c1-4-7-10-13-16-19-22-24-26-27-28-29-30-31-32-33-34-35-36-37-38-39-40-41-42-44-46-49-52-55-58-61-67(70)73-64-65(63-72-66(69)60-57-54-51-48-45-21-18-15-12-9-6-3)74-68(71)62-59-56-53-50-47-43-25-23-20-17-14-11-8-5-2/h7,10,14-19,23-26,28-29,31-32,34-35,37-38,65H,4-6,8-9,11-13,20-22,27,30,33,36,39-64H2,1-3H3/b10-7-,17-14-,18-15-,19-16-,25-23-,26-24-,29-28-,32-31-,35-34-,38-37-. The summed E-state index contributed by atoms with van der Waals surface area (Å²) in [4.78, 5) is 38.1. The van der Waals surface area contributed by atoms with E-state index in [2.05, 4.69) is 142 Å². The van der Waals surface area contributed by atoms with Gasteiger partial charge in [-0.3, -0.25) is 14.4 Å². The van der Waals surface area contributed by atoms with E-state index in [9.17, 15) is 14.4 Å². The highest BCUT2D eigenvalue weighted by Crippen LogP contribution is 2.15. The van der Waals surface area contributed by atoms with Crippen LogP contribution in [0.4, 0.5) is 0 Å². The summed E-state index contributed by atoms with van der Waals surface area (Å²) < 4.78 is 16.8. The van der Waals surface area contributed by atoms with Crippen molar-refractivity contribution in [1.82, 2.24) is 0 Å². The lowest BCUT2D eigenvalue weighted by Crippen LogP contribution is -2.30. The highest BCUT2D eigenvalue weighted by Gasteiger charge is 2.19. The fraction of sp³-hybridized carbons (Fsp3) is 0.662. The second-order valence-corrected chi connectivity index (χ2v) is 19.9. The van der Waals surface area contributed by atoms with E-state index in [1.807, 2.05) is 0 Å². The van der Waals surface area contributed by atoms with Gasteiger partial charge in [0.25, 0.3) is 0 Å². The Hall–Kier alpha value is -4.19. The summed E-state index contributed by atoms with van der Waals surface area (Å²) >= 11 is 0. The molecule has 6 nitrogen and oxygen atoms in total. The van der Waals surface area contributed by atoms with Crippen molar-refractivity contribution in [1.29, 1.82) is 0 Å². The Balaban J connectivity index is 4.24. The van der Waals surface area contributed by atoms with E-state index in [0.29, 0.717) is 19.3 Å². The summed E-state index contributed by atoms with van der Waals surface area (Å²) in [7, 11) is 0. The second kappa shape index (κ2) is 61.4. The SMILES string of the molecule is CC/C=C\C/C=C\C/C=C\C/C=C\C/C=C\C/C=C\C/C=C\CCCCCCCCCCCC(=O)OCC(COC(=O)CCCCCCC/C=C\CCCC)OC(=O)CCCCCCC/C=C\C/C=C\CCCC. The van der Waals surface area contributed by atoms with Gasteiger partial charge in [-0.1, -0.05) is 251 Å². The van der Waals surface area contributed by atoms with Crippen molar-refractivity contribution >= 4 is 17.9 Å². The predicted octanol–water partition coefficient (Wildman–Crippen LogP) is 20.8. The number of esters is 3. The molecule has 0 aromatic carbocycles. The number of hydrogen-bond donors (Lipinski definition) is 0. The Kier molecular flexibility index (Phi) is 57.9. The monoisotopic (exact) mass is 1020 g/mol. The molecule has 1 atom stereocenters. The lowest BCUT2D eigenvalue weighted by molar-refractivity contribution is -0.167. The third kappa shape index (κ3) is 58.7. The first kappa shape index (κ1) is 69.8. The van der Waals surface area contributed by atoms with E-state index in [1.165, 1.54) is 83.5 Å². The molecule has 0 aromatic rings. The molecular weight excluding hydrogens is 913 g/mol. The minimum atomic E-state index is -0.793. The van der Waals surface area contributed by atoms with Crippen LogP contribution >= 0.6 is 0 Å². The maximum atomic E-state index is 12.8. The van der Waals surface area contributed by atoms with Crippen LogP contribution < -0.4 is 0 Å². The lowest BCUT2D eigenvalue weighted by Gasteiger charge is -2.18. The lowest BCUT2D eigenvalue weighted by atomic mass is 10.1. The Morgan fingerprint density at radius 3 is 0.838 bits per heavy atom. The third-order valence-electron chi connectivity index (χ3n) is 12.7. The number of carbonyl (C=O) groups is 3. The number of carbonyl (C=O) groups excluding carboxylic acids is 3. The molecule has 0 saturated heterocycles. The van der Waals surface area contributed by atoms with Gasteiger partial charge in [0.05, 0.1) is 0 Å². The Morgan fingerprint density at radius 1 is 0.284 bits per heavy atom. The highest BCUT2D eigenvalue weighted by molar-refractivity contribution is 5.71. The van der Waals surface area contributed by atoms with Gasteiger partial charge in [0.1, 0.15) is 13.2 Å². The average Bonchev–Trinajstić information content (AvgIpc) is 3.40.